The molecule has 0 amide bonds. The quantitative estimate of drug-likeness (QED) is 0.615. The number of unbranched alkanes of at least 4 members (excludes halogenated alkanes) is 7. The van der Waals surface area contributed by atoms with Crippen LogP contribution < -0.4 is 0 Å². The average Bonchev–Trinajstić information content (AvgIpc) is 2.41. The Labute approximate surface area is 121 Å². The molecule has 0 saturated carbocycles. The first-order valence-corrected chi connectivity index (χ1v) is 7.49. The van der Waals surface area contributed by atoms with Gasteiger partial charge in [0.15, 0.2) is 0 Å². The minimum absolute atomic E-state index is 0.137. The molecule has 0 unspecified atom stereocenters. The maximum atomic E-state index is 11.1. The van der Waals surface area contributed by atoms with Crippen molar-refractivity contribution in [1.29, 1.82) is 0 Å². The number of hydrogen-bond donors (Lipinski definition) is 2. The minimum atomic E-state index is -0.923. The number of benzene rings is 1. The first-order chi connectivity index (χ1) is 9.65. The number of phenols is 1. The molecule has 3 nitrogen and oxygen atoms in total. The number of aryl methyl sites for hydroxylation is 1. The molecule has 20 heavy (non-hydrogen) atoms. The number of aromatic hydroxyl groups is 1. The number of carbonyl (C=O) groups is 1. The van der Waals surface area contributed by atoms with E-state index in [0.29, 0.717) is 5.56 Å². The highest BCUT2D eigenvalue weighted by Crippen LogP contribution is 2.19. The zero-order valence-electron chi connectivity index (χ0n) is 12.1. The molecule has 0 fully saturated rings. The van der Waals surface area contributed by atoms with E-state index < -0.39 is 5.97 Å². The van der Waals surface area contributed by atoms with Crippen molar-refractivity contribution in [2.24, 2.45) is 0 Å². The number of aromatic carboxylic acids is 1. The Morgan fingerprint density at radius 2 is 1.60 bits per heavy atom. The Morgan fingerprint density at radius 3 is 2.20 bits per heavy atom. The van der Waals surface area contributed by atoms with Crippen molar-refractivity contribution in [3.8, 4) is 5.75 Å². The topological polar surface area (TPSA) is 57.5 Å². The summed E-state index contributed by atoms with van der Waals surface area (Å²) in [5, 5.41) is 18.5. The summed E-state index contributed by atoms with van der Waals surface area (Å²) in [6, 6.07) is 4.47. The van der Waals surface area contributed by atoms with Gasteiger partial charge < -0.3 is 10.2 Å². The van der Waals surface area contributed by atoms with E-state index in [9.17, 15) is 9.90 Å². The molecule has 0 aliphatic carbocycles. The van der Waals surface area contributed by atoms with E-state index in [1.807, 2.05) is 0 Å². The monoisotopic (exact) mass is 277 g/mol. The molecule has 0 spiro atoms. The third-order valence-electron chi connectivity index (χ3n) is 3.52. The van der Waals surface area contributed by atoms with Gasteiger partial charge in [-0.3, -0.25) is 0 Å². The highest BCUT2D eigenvalue weighted by atomic mass is 16.4. The second kappa shape index (κ2) is 9.40. The molecule has 0 aliphatic heterocycles. The number of phenolic OH excluding ortho intramolecular Hbond substituents is 1. The molecule has 2 N–H and O–H groups in total. The van der Waals surface area contributed by atoms with Gasteiger partial charge in [0.1, 0.15) is 5.75 Å². The summed E-state index contributed by atoms with van der Waals surface area (Å²) in [7, 11) is 0. The van der Waals surface area contributed by atoms with Crippen LogP contribution in [0.5, 0.6) is 5.75 Å². The molecular formula is C17H25O3. The Bertz CT molecular complexity index is 413. The van der Waals surface area contributed by atoms with Crippen LogP contribution in [0, 0.1) is 6.92 Å². The summed E-state index contributed by atoms with van der Waals surface area (Å²) in [5.74, 6) is -0.786. The van der Waals surface area contributed by atoms with Crippen LogP contribution in [0.15, 0.2) is 18.2 Å². The van der Waals surface area contributed by atoms with Gasteiger partial charge in [0.05, 0.1) is 5.56 Å². The summed E-state index contributed by atoms with van der Waals surface area (Å²) in [6.07, 6.45) is 10.00. The summed E-state index contributed by atoms with van der Waals surface area (Å²) < 4.78 is 0. The number of hydrogen-bond acceptors (Lipinski definition) is 2. The Hall–Kier alpha value is -1.51. The van der Waals surface area contributed by atoms with E-state index in [0.717, 1.165) is 31.2 Å². The molecule has 0 aliphatic rings. The normalized spacial score (nSPS) is 10.7. The SMILES string of the molecule is [CH2]CCCCCCCCCc1cc(O)ccc1C(=O)O. The van der Waals surface area contributed by atoms with E-state index in [2.05, 4.69) is 6.92 Å². The van der Waals surface area contributed by atoms with E-state index >= 15 is 0 Å². The van der Waals surface area contributed by atoms with Crippen molar-refractivity contribution in [3.05, 3.63) is 36.2 Å². The van der Waals surface area contributed by atoms with Crippen LogP contribution in [0.3, 0.4) is 0 Å². The van der Waals surface area contributed by atoms with Gasteiger partial charge in [0.25, 0.3) is 0 Å². The van der Waals surface area contributed by atoms with Gasteiger partial charge in [0, 0.05) is 0 Å². The molecule has 1 rings (SSSR count). The fourth-order valence-electron chi connectivity index (χ4n) is 2.37. The van der Waals surface area contributed by atoms with E-state index in [4.69, 9.17) is 5.11 Å². The van der Waals surface area contributed by atoms with Crippen LogP contribution in [-0.2, 0) is 6.42 Å². The Balaban J connectivity index is 2.28. The highest BCUT2D eigenvalue weighted by molar-refractivity contribution is 5.89. The Kier molecular flexibility index (Phi) is 7.78. The molecule has 3 heteroatoms. The lowest BCUT2D eigenvalue weighted by molar-refractivity contribution is 0.0695. The van der Waals surface area contributed by atoms with Gasteiger partial charge in [-0.05, 0) is 36.6 Å². The molecule has 0 atom stereocenters. The van der Waals surface area contributed by atoms with Crippen molar-refractivity contribution >= 4 is 5.97 Å². The van der Waals surface area contributed by atoms with Crippen molar-refractivity contribution < 1.29 is 15.0 Å². The van der Waals surface area contributed by atoms with Crippen molar-refractivity contribution in [2.75, 3.05) is 0 Å². The zero-order chi connectivity index (χ0) is 14.8. The summed E-state index contributed by atoms with van der Waals surface area (Å²) in [6.45, 7) is 3.83. The lowest BCUT2D eigenvalue weighted by atomic mass is 10.00. The molecular weight excluding hydrogens is 252 g/mol. The second-order valence-electron chi connectivity index (χ2n) is 5.23. The fraction of sp³-hybridized carbons (Fsp3) is 0.529. The lowest BCUT2D eigenvalue weighted by Gasteiger charge is -2.07. The molecule has 0 aromatic heterocycles. The minimum Gasteiger partial charge on any atom is -0.508 e. The van der Waals surface area contributed by atoms with Gasteiger partial charge in [-0.2, -0.15) is 0 Å². The van der Waals surface area contributed by atoms with Gasteiger partial charge in [-0.15, -0.1) is 0 Å². The molecule has 0 heterocycles. The summed E-state index contributed by atoms with van der Waals surface area (Å²) in [5.41, 5.74) is 1.04. The van der Waals surface area contributed by atoms with Crippen LogP contribution in [-0.4, -0.2) is 16.2 Å². The van der Waals surface area contributed by atoms with Crippen LogP contribution in [0.25, 0.3) is 0 Å². The second-order valence-corrected chi connectivity index (χ2v) is 5.23. The third-order valence-corrected chi connectivity index (χ3v) is 3.52. The van der Waals surface area contributed by atoms with Crippen LogP contribution in [0.1, 0.15) is 67.3 Å². The van der Waals surface area contributed by atoms with E-state index in [1.165, 1.54) is 44.2 Å². The summed E-state index contributed by atoms with van der Waals surface area (Å²) >= 11 is 0. The van der Waals surface area contributed by atoms with Gasteiger partial charge in [-0.25, -0.2) is 4.79 Å². The van der Waals surface area contributed by atoms with Gasteiger partial charge in [-0.1, -0.05) is 51.9 Å². The maximum absolute atomic E-state index is 11.1. The predicted molar refractivity (Wildman–Crippen MR) is 81.1 cm³/mol. The molecule has 111 valence electrons. The van der Waals surface area contributed by atoms with Gasteiger partial charge in [0.2, 0.25) is 0 Å². The molecule has 0 bridgehead atoms. The first kappa shape index (κ1) is 16.5. The van der Waals surface area contributed by atoms with Crippen molar-refractivity contribution in [2.45, 2.75) is 57.8 Å². The third kappa shape index (κ3) is 6.09. The first-order valence-electron chi connectivity index (χ1n) is 7.49. The number of rotatable bonds is 10. The average molecular weight is 277 g/mol. The maximum Gasteiger partial charge on any atom is 0.335 e. The van der Waals surface area contributed by atoms with E-state index in [-0.39, 0.29) is 5.75 Å². The lowest BCUT2D eigenvalue weighted by Crippen LogP contribution is -2.02. The van der Waals surface area contributed by atoms with E-state index in [1.54, 1.807) is 6.07 Å². The standard InChI is InChI=1S/C17H25O3/c1-2-3-4-5-6-7-8-9-10-14-13-15(18)11-12-16(14)17(19)20/h11-13,18H,1-10H2,(H,19,20). The largest absolute Gasteiger partial charge is 0.508 e. The number of carboxylic acid groups (broad SMARTS) is 1. The zero-order valence-corrected chi connectivity index (χ0v) is 12.1. The summed E-state index contributed by atoms with van der Waals surface area (Å²) in [4.78, 5) is 11.1. The molecule has 0 saturated heterocycles. The van der Waals surface area contributed by atoms with Crippen LogP contribution in [0.2, 0.25) is 0 Å². The van der Waals surface area contributed by atoms with Crippen molar-refractivity contribution in [1.82, 2.24) is 0 Å². The highest BCUT2D eigenvalue weighted by Gasteiger charge is 2.10. The smallest absolute Gasteiger partial charge is 0.335 e. The van der Waals surface area contributed by atoms with Gasteiger partial charge >= 0.3 is 5.97 Å². The number of carboxylic acids is 1. The molecule has 1 aromatic rings. The van der Waals surface area contributed by atoms with Crippen LogP contribution >= 0.6 is 0 Å². The van der Waals surface area contributed by atoms with Crippen molar-refractivity contribution in [3.63, 3.8) is 0 Å². The fourth-order valence-corrected chi connectivity index (χ4v) is 2.37. The Morgan fingerprint density at radius 1 is 1.00 bits per heavy atom. The molecule has 1 aromatic carbocycles. The molecule has 1 radical (unpaired) electrons. The predicted octanol–water partition coefficient (Wildman–Crippen LogP) is 4.59. The van der Waals surface area contributed by atoms with Crippen LogP contribution in [0.4, 0.5) is 0 Å².